The van der Waals surface area contributed by atoms with Crippen LogP contribution >= 0.6 is 0 Å². The second-order valence-electron chi connectivity index (χ2n) is 6.44. The molecule has 1 amide bonds. The lowest BCUT2D eigenvalue weighted by atomic mass is 10.0. The predicted octanol–water partition coefficient (Wildman–Crippen LogP) is 1.97. The average molecular weight is 348 g/mol. The Kier molecular flexibility index (Phi) is 4.45. The van der Waals surface area contributed by atoms with Crippen LogP contribution in [0.1, 0.15) is 25.7 Å². The molecule has 24 heavy (non-hydrogen) atoms. The average Bonchev–Trinajstić information content (AvgIpc) is 3.10. The highest BCUT2D eigenvalue weighted by Crippen LogP contribution is 2.23. The van der Waals surface area contributed by atoms with Gasteiger partial charge in [0.05, 0.1) is 23.2 Å². The Morgan fingerprint density at radius 3 is 2.75 bits per heavy atom. The standard InChI is InChI=1S/C17H20N2O4S/c1-17(9-10-24(21,22)12-17)19-15(20)7-8-16-18-11-14(23-16)13-5-3-2-4-6-13/h2-6,11H,7-10,12H2,1H3,(H,19,20)/t17-/m1/s1. The maximum absolute atomic E-state index is 12.1. The maximum Gasteiger partial charge on any atom is 0.220 e. The fourth-order valence-electron chi connectivity index (χ4n) is 2.89. The highest BCUT2D eigenvalue weighted by atomic mass is 32.2. The van der Waals surface area contributed by atoms with Crippen molar-refractivity contribution in [2.75, 3.05) is 11.5 Å². The van der Waals surface area contributed by atoms with Gasteiger partial charge in [0.25, 0.3) is 0 Å². The van der Waals surface area contributed by atoms with Crippen LogP contribution in [0.25, 0.3) is 11.3 Å². The molecular formula is C17H20N2O4S. The largest absolute Gasteiger partial charge is 0.441 e. The van der Waals surface area contributed by atoms with Crippen molar-refractivity contribution in [3.63, 3.8) is 0 Å². The Labute approximate surface area is 141 Å². The van der Waals surface area contributed by atoms with Crippen LogP contribution in [-0.2, 0) is 21.1 Å². The summed E-state index contributed by atoms with van der Waals surface area (Å²) in [5.41, 5.74) is 0.270. The third-order valence-corrected chi connectivity index (χ3v) is 6.03. The molecule has 128 valence electrons. The fraction of sp³-hybridized carbons (Fsp3) is 0.412. The van der Waals surface area contributed by atoms with Gasteiger partial charge in [0.15, 0.2) is 21.5 Å². The number of carbonyl (C=O) groups excluding carboxylic acids is 1. The van der Waals surface area contributed by atoms with Crippen LogP contribution in [-0.4, -0.2) is 36.4 Å². The minimum atomic E-state index is -3.04. The molecule has 1 aliphatic rings. The van der Waals surface area contributed by atoms with Crippen molar-refractivity contribution in [3.8, 4) is 11.3 Å². The van der Waals surface area contributed by atoms with Gasteiger partial charge in [-0.3, -0.25) is 4.79 Å². The monoisotopic (exact) mass is 348 g/mol. The number of hydrogen-bond acceptors (Lipinski definition) is 5. The van der Waals surface area contributed by atoms with E-state index in [1.54, 1.807) is 13.1 Å². The first-order valence-electron chi connectivity index (χ1n) is 7.87. The van der Waals surface area contributed by atoms with E-state index in [2.05, 4.69) is 10.3 Å². The Bertz CT molecular complexity index is 829. The molecule has 1 aliphatic heterocycles. The number of hydrogen-bond donors (Lipinski definition) is 1. The third kappa shape index (κ3) is 4.03. The van der Waals surface area contributed by atoms with Crippen LogP contribution in [0, 0.1) is 0 Å². The Morgan fingerprint density at radius 1 is 1.33 bits per heavy atom. The van der Waals surface area contributed by atoms with Crippen LogP contribution in [0.5, 0.6) is 0 Å². The van der Waals surface area contributed by atoms with E-state index in [-0.39, 0.29) is 23.8 Å². The van der Waals surface area contributed by atoms with Gasteiger partial charge in [0, 0.05) is 18.4 Å². The van der Waals surface area contributed by atoms with Gasteiger partial charge in [-0.05, 0) is 13.3 Å². The lowest BCUT2D eigenvalue weighted by molar-refractivity contribution is -0.122. The number of nitrogens with one attached hydrogen (secondary N) is 1. The van der Waals surface area contributed by atoms with Crippen molar-refractivity contribution in [2.24, 2.45) is 0 Å². The number of rotatable bonds is 5. The molecule has 2 heterocycles. The number of carbonyl (C=O) groups is 1. The number of sulfone groups is 1. The Balaban J connectivity index is 1.55. The molecule has 0 saturated carbocycles. The van der Waals surface area contributed by atoms with Gasteiger partial charge in [0.2, 0.25) is 5.91 Å². The summed E-state index contributed by atoms with van der Waals surface area (Å²) < 4.78 is 28.8. The van der Waals surface area contributed by atoms with Crippen LogP contribution in [0.3, 0.4) is 0 Å². The first-order valence-corrected chi connectivity index (χ1v) is 9.69. The van der Waals surface area contributed by atoms with Crippen molar-refractivity contribution in [1.82, 2.24) is 10.3 Å². The topological polar surface area (TPSA) is 89.3 Å². The number of aromatic nitrogens is 1. The molecule has 0 spiro atoms. The van der Waals surface area contributed by atoms with E-state index in [9.17, 15) is 13.2 Å². The van der Waals surface area contributed by atoms with Crippen molar-refractivity contribution in [3.05, 3.63) is 42.4 Å². The van der Waals surface area contributed by atoms with Crippen molar-refractivity contribution in [2.45, 2.75) is 31.7 Å². The van der Waals surface area contributed by atoms with Gasteiger partial charge in [-0.25, -0.2) is 13.4 Å². The summed E-state index contributed by atoms with van der Waals surface area (Å²) in [6.45, 7) is 1.77. The first-order chi connectivity index (χ1) is 11.4. The summed E-state index contributed by atoms with van der Waals surface area (Å²) >= 11 is 0. The minimum absolute atomic E-state index is 0.00287. The summed E-state index contributed by atoms with van der Waals surface area (Å²) in [5, 5.41) is 2.83. The molecule has 3 rings (SSSR count). The fourth-order valence-corrected chi connectivity index (χ4v) is 4.98. The van der Waals surface area contributed by atoms with E-state index in [1.807, 2.05) is 30.3 Å². The number of oxazole rings is 1. The molecule has 0 unspecified atom stereocenters. The summed E-state index contributed by atoms with van der Waals surface area (Å²) in [5.74, 6) is 1.11. The predicted molar refractivity (Wildman–Crippen MR) is 90.1 cm³/mol. The van der Waals surface area contributed by atoms with E-state index in [1.165, 1.54) is 0 Å². The molecule has 1 atom stereocenters. The molecule has 1 fully saturated rings. The summed E-state index contributed by atoms with van der Waals surface area (Å²) in [6, 6.07) is 9.62. The lowest BCUT2D eigenvalue weighted by Gasteiger charge is -2.23. The van der Waals surface area contributed by atoms with Crippen LogP contribution < -0.4 is 5.32 Å². The molecule has 0 aliphatic carbocycles. The van der Waals surface area contributed by atoms with Gasteiger partial charge in [-0.1, -0.05) is 30.3 Å². The van der Waals surface area contributed by atoms with Gasteiger partial charge in [0.1, 0.15) is 0 Å². The van der Waals surface area contributed by atoms with Gasteiger partial charge in [-0.2, -0.15) is 0 Å². The number of nitrogens with zero attached hydrogens (tertiary/aromatic N) is 1. The molecule has 1 aromatic carbocycles. The number of aryl methyl sites for hydroxylation is 1. The van der Waals surface area contributed by atoms with Crippen molar-refractivity contribution < 1.29 is 17.6 Å². The Hall–Kier alpha value is -2.15. The zero-order chi connectivity index (χ0) is 17.2. The molecule has 1 N–H and O–H groups in total. The molecule has 1 aromatic heterocycles. The molecule has 6 nitrogen and oxygen atoms in total. The quantitative estimate of drug-likeness (QED) is 0.892. The zero-order valence-electron chi connectivity index (χ0n) is 13.5. The number of amides is 1. The molecule has 1 saturated heterocycles. The SMILES string of the molecule is C[C@@]1(NC(=O)CCc2ncc(-c3ccccc3)o2)CCS(=O)(=O)C1. The van der Waals surface area contributed by atoms with E-state index in [0.717, 1.165) is 5.56 Å². The molecule has 7 heteroatoms. The smallest absolute Gasteiger partial charge is 0.220 e. The lowest BCUT2D eigenvalue weighted by Crippen LogP contribution is -2.47. The van der Waals surface area contributed by atoms with Crippen LogP contribution in [0.15, 0.2) is 40.9 Å². The molecule has 0 radical (unpaired) electrons. The number of benzene rings is 1. The van der Waals surface area contributed by atoms with Crippen molar-refractivity contribution >= 4 is 15.7 Å². The van der Waals surface area contributed by atoms with Crippen molar-refractivity contribution in [1.29, 1.82) is 0 Å². The van der Waals surface area contributed by atoms with E-state index in [0.29, 0.717) is 24.5 Å². The second-order valence-corrected chi connectivity index (χ2v) is 8.62. The maximum atomic E-state index is 12.1. The minimum Gasteiger partial charge on any atom is -0.441 e. The highest BCUT2D eigenvalue weighted by molar-refractivity contribution is 7.91. The molecule has 2 aromatic rings. The second kappa shape index (κ2) is 6.39. The third-order valence-electron chi connectivity index (χ3n) is 4.12. The van der Waals surface area contributed by atoms with Gasteiger partial charge < -0.3 is 9.73 Å². The van der Waals surface area contributed by atoms with Gasteiger partial charge >= 0.3 is 0 Å². The summed E-state index contributed by atoms with van der Waals surface area (Å²) in [7, 11) is -3.04. The highest BCUT2D eigenvalue weighted by Gasteiger charge is 2.39. The van der Waals surface area contributed by atoms with Crippen LogP contribution in [0.2, 0.25) is 0 Å². The van der Waals surface area contributed by atoms with Crippen LogP contribution in [0.4, 0.5) is 0 Å². The molecular weight excluding hydrogens is 328 g/mol. The van der Waals surface area contributed by atoms with Gasteiger partial charge in [-0.15, -0.1) is 0 Å². The summed E-state index contributed by atoms with van der Waals surface area (Å²) in [6.07, 6.45) is 2.69. The zero-order valence-corrected chi connectivity index (χ0v) is 14.3. The van der Waals surface area contributed by atoms with E-state index < -0.39 is 15.4 Å². The molecule has 0 bridgehead atoms. The van der Waals surface area contributed by atoms with E-state index in [4.69, 9.17) is 4.42 Å². The summed E-state index contributed by atoms with van der Waals surface area (Å²) in [4.78, 5) is 16.3. The van der Waals surface area contributed by atoms with E-state index >= 15 is 0 Å². The Morgan fingerprint density at radius 2 is 2.08 bits per heavy atom. The first kappa shape index (κ1) is 16.7. The normalized spacial score (nSPS) is 22.4.